The molecule has 1 aromatic carbocycles. The van der Waals surface area contributed by atoms with Crippen LogP contribution in [0.5, 0.6) is 0 Å². The molecular weight excluding hydrogens is 350 g/mol. The first-order valence-corrected chi connectivity index (χ1v) is 9.79. The molecule has 0 spiro atoms. The van der Waals surface area contributed by atoms with Crippen molar-refractivity contribution in [3.63, 3.8) is 0 Å². The van der Waals surface area contributed by atoms with Gasteiger partial charge < -0.3 is 10.6 Å². The van der Waals surface area contributed by atoms with E-state index in [-0.39, 0.29) is 5.78 Å². The van der Waals surface area contributed by atoms with E-state index >= 15 is 0 Å². The van der Waals surface area contributed by atoms with Crippen LogP contribution < -0.4 is 5.73 Å². The molecule has 1 aliphatic rings. The molecule has 2 aromatic heterocycles. The van der Waals surface area contributed by atoms with Crippen LogP contribution in [0.3, 0.4) is 0 Å². The van der Waals surface area contributed by atoms with E-state index in [2.05, 4.69) is 26.9 Å². The van der Waals surface area contributed by atoms with Crippen LogP contribution in [0.2, 0.25) is 0 Å². The Kier molecular flexibility index (Phi) is 5.30. The first-order chi connectivity index (χ1) is 13.6. The first-order valence-electron chi connectivity index (χ1n) is 9.79. The Morgan fingerprint density at radius 1 is 1.18 bits per heavy atom. The van der Waals surface area contributed by atoms with Crippen molar-refractivity contribution >= 4 is 22.6 Å². The number of rotatable bonds is 5. The smallest absolute Gasteiger partial charge is 0.162 e. The van der Waals surface area contributed by atoms with Crippen molar-refractivity contribution < 1.29 is 4.79 Å². The van der Waals surface area contributed by atoms with E-state index in [1.807, 2.05) is 36.4 Å². The van der Waals surface area contributed by atoms with Gasteiger partial charge in [-0.15, -0.1) is 0 Å². The van der Waals surface area contributed by atoms with E-state index in [1.165, 1.54) is 19.2 Å². The Labute approximate surface area is 164 Å². The Morgan fingerprint density at radius 3 is 2.82 bits per heavy atom. The topological polar surface area (TPSA) is 85.0 Å². The zero-order chi connectivity index (χ0) is 19.5. The van der Waals surface area contributed by atoms with E-state index < -0.39 is 0 Å². The maximum absolute atomic E-state index is 12.7. The van der Waals surface area contributed by atoms with Crippen molar-refractivity contribution in [2.45, 2.75) is 25.7 Å². The van der Waals surface area contributed by atoms with Crippen LogP contribution in [0, 0.1) is 5.92 Å². The van der Waals surface area contributed by atoms with Crippen LogP contribution >= 0.6 is 0 Å². The van der Waals surface area contributed by atoms with Crippen molar-refractivity contribution in [2.24, 2.45) is 5.92 Å². The minimum atomic E-state index is 0.199. The van der Waals surface area contributed by atoms with Crippen molar-refractivity contribution in [1.82, 2.24) is 19.9 Å². The van der Waals surface area contributed by atoms with Gasteiger partial charge in [-0.3, -0.25) is 4.79 Å². The number of Topliss-reactive ketones (excluding diaryl/α,β-unsaturated/α-hetero) is 1. The van der Waals surface area contributed by atoms with Gasteiger partial charge in [-0.25, -0.2) is 15.0 Å². The summed E-state index contributed by atoms with van der Waals surface area (Å²) in [5, 5.41) is 0. The molecule has 28 heavy (non-hydrogen) atoms. The number of ketones is 1. The predicted octanol–water partition coefficient (Wildman–Crippen LogP) is 3.58. The second kappa shape index (κ2) is 8.02. The van der Waals surface area contributed by atoms with Crippen LogP contribution in [0.15, 0.2) is 42.7 Å². The zero-order valence-electron chi connectivity index (χ0n) is 16.1. The molecule has 4 rings (SSSR count). The number of anilines is 1. The molecule has 0 unspecified atom stereocenters. The molecule has 1 aliphatic heterocycles. The molecule has 6 nitrogen and oxygen atoms in total. The minimum Gasteiger partial charge on any atom is -0.382 e. The molecule has 0 saturated carbocycles. The van der Waals surface area contributed by atoms with Crippen molar-refractivity contribution in [2.75, 3.05) is 25.9 Å². The summed E-state index contributed by atoms with van der Waals surface area (Å²) in [6.07, 6.45) is 5.38. The van der Waals surface area contributed by atoms with Gasteiger partial charge in [-0.2, -0.15) is 0 Å². The van der Waals surface area contributed by atoms with Crippen LogP contribution in [0.1, 0.15) is 36.0 Å². The standard InChI is InChI=1S/C22H25N5O/c1-27-11-9-15(10-12-27)5-8-20(28)17-4-2-3-16(13-17)18-6-7-19-21(26-18)22(23)25-14-24-19/h2-4,6-7,13-15H,5,8-12H2,1H3,(H2,23,24,25). The van der Waals surface area contributed by atoms with Crippen LogP contribution in [-0.2, 0) is 0 Å². The van der Waals surface area contributed by atoms with Gasteiger partial charge in [0.15, 0.2) is 11.6 Å². The Hall–Kier alpha value is -2.86. The van der Waals surface area contributed by atoms with Crippen LogP contribution in [0.25, 0.3) is 22.3 Å². The van der Waals surface area contributed by atoms with E-state index in [0.29, 0.717) is 29.2 Å². The van der Waals surface area contributed by atoms with Crippen molar-refractivity contribution in [3.05, 3.63) is 48.3 Å². The number of piperidine rings is 1. The molecule has 0 aliphatic carbocycles. The SMILES string of the molecule is CN1CCC(CCC(=O)c2cccc(-c3ccc4ncnc(N)c4n3)c2)CC1. The minimum absolute atomic E-state index is 0.199. The Balaban J connectivity index is 1.49. The fraction of sp³-hybridized carbons (Fsp3) is 0.364. The third kappa shape index (κ3) is 4.02. The second-order valence-corrected chi connectivity index (χ2v) is 7.61. The number of benzene rings is 1. The quantitative estimate of drug-likeness (QED) is 0.686. The number of carbonyl (C=O) groups excluding carboxylic acids is 1. The molecule has 6 heteroatoms. The molecule has 0 bridgehead atoms. The molecular formula is C22H25N5O. The number of nitrogens with zero attached hydrogens (tertiary/aromatic N) is 4. The summed E-state index contributed by atoms with van der Waals surface area (Å²) in [5.41, 5.74) is 9.62. The van der Waals surface area contributed by atoms with Gasteiger partial charge in [0.1, 0.15) is 11.8 Å². The van der Waals surface area contributed by atoms with Gasteiger partial charge in [0.2, 0.25) is 0 Å². The van der Waals surface area contributed by atoms with Crippen molar-refractivity contribution in [3.8, 4) is 11.3 Å². The van der Waals surface area contributed by atoms with Gasteiger partial charge in [0.05, 0.1) is 11.2 Å². The number of fused-ring (bicyclic) bond motifs is 1. The summed E-state index contributed by atoms with van der Waals surface area (Å²) in [6, 6.07) is 11.5. The average Bonchev–Trinajstić information content (AvgIpc) is 2.73. The van der Waals surface area contributed by atoms with E-state index in [1.54, 1.807) is 0 Å². The number of nitrogen functional groups attached to an aromatic ring is 1. The third-order valence-electron chi connectivity index (χ3n) is 5.61. The number of likely N-dealkylation sites (tertiary alicyclic amines) is 1. The highest BCUT2D eigenvalue weighted by Gasteiger charge is 2.18. The summed E-state index contributed by atoms with van der Waals surface area (Å²) in [4.78, 5) is 27.9. The average molecular weight is 375 g/mol. The van der Waals surface area contributed by atoms with Crippen LogP contribution in [0.4, 0.5) is 5.82 Å². The van der Waals surface area contributed by atoms with E-state index in [9.17, 15) is 4.79 Å². The van der Waals surface area contributed by atoms with Gasteiger partial charge >= 0.3 is 0 Å². The maximum Gasteiger partial charge on any atom is 0.162 e. The van der Waals surface area contributed by atoms with Crippen LogP contribution in [-0.4, -0.2) is 45.8 Å². The lowest BCUT2D eigenvalue weighted by atomic mass is 9.90. The highest BCUT2D eigenvalue weighted by Crippen LogP contribution is 2.25. The number of hydrogen-bond donors (Lipinski definition) is 1. The summed E-state index contributed by atoms with van der Waals surface area (Å²) in [5.74, 6) is 1.22. The number of hydrogen-bond acceptors (Lipinski definition) is 6. The second-order valence-electron chi connectivity index (χ2n) is 7.61. The molecule has 1 fully saturated rings. The number of pyridine rings is 1. The normalized spacial score (nSPS) is 15.8. The van der Waals surface area contributed by atoms with Crippen molar-refractivity contribution in [1.29, 1.82) is 0 Å². The number of carbonyl (C=O) groups is 1. The fourth-order valence-corrected chi connectivity index (χ4v) is 3.80. The lowest BCUT2D eigenvalue weighted by Gasteiger charge is -2.28. The molecule has 3 heterocycles. The summed E-state index contributed by atoms with van der Waals surface area (Å²) >= 11 is 0. The highest BCUT2D eigenvalue weighted by molar-refractivity contribution is 5.97. The molecule has 144 valence electrons. The Morgan fingerprint density at radius 2 is 2.00 bits per heavy atom. The molecule has 0 radical (unpaired) electrons. The zero-order valence-corrected chi connectivity index (χ0v) is 16.1. The number of aromatic nitrogens is 3. The van der Waals surface area contributed by atoms with Gasteiger partial charge in [0, 0.05) is 17.5 Å². The van der Waals surface area contributed by atoms with E-state index in [4.69, 9.17) is 5.73 Å². The monoisotopic (exact) mass is 375 g/mol. The fourth-order valence-electron chi connectivity index (χ4n) is 3.80. The molecule has 1 saturated heterocycles. The van der Waals surface area contributed by atoms with Gasteiger partial charge in [-0.05, 0) is 63.5 Å². The Bertz CT molecular complexity index is 995. The molecule has 0 amide bonds. The summed E-state index contributed by atoms with van der Waals surface area (Å²) < 4.78 is 0. The third-order valence-corrected chi connectivity index (χ3v) is 5.61. The summed E-state index contributed by atoms with van der Waals surface area (Å²) in [6.45, 7) is 2.27. The van der Waals surface area contributed by atoms with Gasteiger partial charge in [-0.1, -0.05) is 18.2 Å². The van der Waals surface area contributed by atoms with Gasteiger partial charge in [0.25, 0.3) is 0 Å². The molecule has 3 aromatic rings. The molecule has 0 atom stereocenters. The lowest BCUT2D eigenvalue weighted by molar-refractivity contribution is 0.0965. The summed E-state index contributed by atoms with van der Waals surface area (Å²) in [7, 11) is 2.16. The maximum atomic E-state index is 12.7. The highest BCUT2D eigenvalue weighted by atomic mass is 16.1. The number of nitrogens with two attached hydrogens (primary N) is 1. The van der Waals surface area contributed by atoms with E-state index in [0.717, 1.165) is 36.3 Å². The predicted molar refractivity (Wildman–Crippen MR) is 111 cm³/mol. The first kappa shape index (κ1) is 18.5. The largest absolute Gasteiger partial charge is 0.382 e. The lowest BCUT2D eigenvalue weighted by Crippen LogP contribution is -2.30. The molecule has 2 N–H and O–H groups in total.